The highest BCUT2D eigenvalue weighted by Crippen LogP contribution is 2.21. The van der Waals surface area contributed by atoms with Gasteiger partial charge in [-0.15, -0.1) is 0 Å². The van der Waals surface area contributed by atoms with Gasteiger partial charge < -0.3 is 9.84 Å². The summed E-state index contributed by atoms with van der Waals surface area (Å²) in [5.41, 5.74) is 4.19. The van der Waals surface area contributed by atoms with Crippen LogP contribution in [0.4, 0.5) is 0 Å². The largest absolute Gasteiger partial charge is 0.507 e. The molecule has 2 rings (SSSR count). The molecule has 0 saturated heterocycles. The minimum Gasteiger partial charge on any atom is -0.507 e. The van der Waals surface area contributed by atoms with E-state index in [1.54, 1.807) is 12.1 Å². The van der Waals surface area contributed by atoms with Crippen LogP contribution in [0.5, 0.6) is 11.5 Å². The second-order valence-corrected chi connectivity index (χ2v) is 8.21. The standard InChI is InChI=1S/C24H31BrN2O3/c1-3-4-5-6-7-8-9-16-30-21-13-10-19(11-14-21)18(2)26-27-24(29)22-17-20(25)12-15-23(22)28/h10-15,17,28H,3-9,16H2,1-2H3,(H,27,29). The van der Waals surface area contributed by atoms with Gasteiger partial charge in [0, 0.05) is 4.47 Å². The summed E-state index contributed by atoms with van der Waals surface area (Å²) >= 11 is 3.29. The molecule has 0 aliphatic rings. The Kier molecular flexibility index (Phi) is 10.4. The topological polar surface area (TPSA) is 70.9 Å². The van der Waals surface area contributed by atoms with E-state index in [2.05, 4.69) is 33.4 Å². The van der Waals surface area contributed by atoms with E-state index in [1.807, 2.05) is 31.2 Å². The van der Waals surface area contributed by atoms with E-state index in [0.29, 0.717) is 10.2 Å². The number of amides is 1. The number of hydrogen-bond acceptors (Lipinski definition) is 4. The molecular weight excluding hydrogens is 444 g/mol. The summed E-state index contributed by atoms with van der Waals surface area (Å²) in [6.07, 6.45) is 8.83. The molecule has 6 heteroatoms. The number of halogens is 1. The van der Waals surface area contributed by atoms with Crippen LogP contribution in [0.1, 0.15) is 74.7 Å². The van der Waals surface area contributed by atoms with Crippen LogP contribution in [-0.4, -0.2) is 23.3 Å². The van der Waals surface area contributed by atoms with Gasteiger partial charge in [-0.25, -0.2) is 5.43 Å². The van der Waals surface area contributed by atoms with Crippen LogP contribution in [0, 0.1) is 0 Å². The average molecular weight is 475 g/mol. The molecule has 2 aromatic rings. The first-order valence-electron chi connectivity index (χ1n) is 10.6. The molecule has 0 aliphatic heterocycles. The van der Waals surface area contributed by atoms with E-state index < -0.39 is 5.91 Å². The molecule has 0 atom stereocenters. The molecule has 0 heterocycles. The summed E-state index contributed by atoms with van der Waals surface area (Å²) in [5, 5.41) is 14.0. The minimum absolute atomic E-state index is 0.0917. The molecule has 0 spiro atoms. The second-order valence-electron chi connectivity index (χ2n) is 7.29. The molecule has 0 fully saturated rings. The first kappa shape index (κ1) is 23.9. The summed E-state index contributed by atoms with van der Waals surface area (Å²) in [4.78, 5) is 12.2. The Morgan fingerprint density at radius 3 is 2.40 bits per heavy atom. The highest BCUT2D eigenvalue weighted by Gasteiger charge is 2.11. The summed E-state index contributed by atoms with van der Waals surface area (Å²) in [7, 11) is 0. The zero-order valence-corrected chi connectivity index (χ0v) is 19.4. The third-order valence-corrected chi connectivity index (χ3v) is 5.31. The normalized spacial score (nSPS) is 11.4. The molecule has 0 unspecified atom stereocenters. The average Bonchev–Trinajstić information content (AvgIpc) is 2.75. The minimum atomic E-state index is -0.470. The van der Waals surface area contributed by atoms with Crippen molar-refractivity contribution in [3.8, 4) is 11.5 Å². The second kappa shape index (κ2) is 13.1. The van der Waals surface area contributed by atoms with Crippen LogP contribution in [0.3, 0.4) is 0 Å². The lowest BCUT2D eigenvalue weighted by Gasteiger charge is -2.08. The number of nitrogens with one attached hydrogen (secondary N) is 1. The molecule has 0 radical (unpaired) electrons. The van der Waals surface area contributed by atoms with Crippen molar-refractivity contribution >= 4 is 27.5 Å². The van der Waals surface area contributed by atoms with Gasteiger partial charge in [-0.2, -0.15) is 5.10 Å². The fraction of sp³-hybridized carbons (Fsp3) is 0.417. The van der Waals surface area contributed by atoms with E-state index in [0.717, 1.165) is 24.3 Å². The van der Waals surface area contributed by atoms with Crippen molar-refractivity contribution in [3.05, 3.63) is 58.1 Å². The molecule has 5 nitrogen and oxygen atoms in total. The van der Waals surface area contributed by atoms with Gasteiger partial charge in [0.25, 0.3) is 5.91 Å². The van der Waals surface area contributed by atoms with Crippen molar-refractivity contribution in [3.63, 3.8) is 0 Å². The maximum Gasteiger partial charge on any atom is 0.275 e. The lowest BCUT2D eigenvalue weighted by Crippen LogP contribution is -2.19. The van der Waals surface area contributed by atoms with Gasteiger partial charge in [-0.1, -0.05) is 61.4 Å². The maximum absolute atomic E-state index is 12.2. The van der Waals surface area contributed by atoms with Crippen molar-refractivity contribution < 1.29 is 14.6 Å². The number of hydrazone groups is 1. The molecule has 0 saturated carbocycles. The Morgan fingerprint density at radius 2 is 1.70 bits per heavy atom. The van der Waals surface area contributed by atoms with Crippen molar-refractivity contribution in [2.45, 2.75) is 58.8 Å². The number of carbonyl (C=O) groups excluding carboxylic acids is 1. The van der Waals surface area contributed by atoms with Crippen molar-refractivity contribution in [2.75, 3.05) is 6.61 Å². The van der Waals surface area contributed by atoms with Gasteiger partial charge in [0.15, 0.2) is 0 Å². The third-order valence-electron chi connectivity index (χ3n) is 4.82. The lowest BCUT2D eigenvalue weighted by molar-refractivity contribution is 0.0952. The Labute approximate surface area is 187 Å². The first-order chi connectivity index (χ1) is 14.5. The molecule has 0 aromatic heterocycles. The zero-order valence-electron chi connectivity index (χ0n) is 17.8. The summed E-state index contributed by atoms with van der Waals surface area (Å²) < 4.78 is 6.51. The van der Waals surface area contributed by atoms with Crippen LogP contribution >= 0.6 is 15.9 Å². The van der Waals surface area contributed by atoms with Gasteiger partial charge >= 0.3 is 0 Å². The number of unbranched alkanes of at least 4 members (excludes halogenated alkanes) is 6. The quantitative estimate of drug-likeness (QED) is 0.211. The number of hydrogen-bond donors (Lipinski definition) is 2. The maximum atomic E-state index is 12.2. The van der Waals surface area contributed by atoms with Crippen molar-refractivity contribution in [1.29, 1.82) is 0 Å². The predicted molar refractivity (Wildman–Crippen MR) is 125 cm³/mol. The summed E-state index contributed by atoms with van der Waals surface area (Å²) in [6.45, 7) is 4.78. The fourth-order valence-electron chi connectivity index (χ4n) is 2.99. The molecule has 1 amide bonds. The number of benzene rings is 2. The van der Waals surface area contributed by atoms with Crippen LogP contribution in [0.15, 0.2) is 52.0 Å². The van der Waals surface area contributed by atoms with Gasteiger partial charge in [-0.3, -0.25) is 4.79 Å². The van der Waals surface area contributed by atoms with Crippen LogP contribution in [-0.2, 0) is 0 Å². The van der Waals surface area contributed by atoms with E-state index in [-0.39, 0.29) is 11.3 Å². The third kappa shape index (κ3) is 8.19. The molecule has 0 aliphatic carbocycles. The first-order valence-corrected chi connectivity index (χ1v) is 11.4. The highest BCUT2D eigenvalue weighted by molar-refractivity contribution is 9.10. The number of nitrogens with zero attached hydrogens (tertiary/aromatic N) is 1. The van der Waals surface area contributed by atoms with Crippen LogP contribution in [0.25, 0.3) is 0 Å². The predicted octanol–water partition coefficient (Wildman–Crippen LogP) is 6.44. The number of ether oxygens (including phenoxy) is 1. The lowest BCUT2D eigenvalue weighted by atomic mass is 10.1. The highest BCUT2D eigenvalue weighted by atomic mass is 79.9. The molecular formula is C24H31BrN2O3. The number of carbonyl (C=O) groups is 1. The Hall–Kier alpha value is -2.34. The molecule has 162 valence electrons. The molecule has 2 aromatic carbocycles. The number of phenols is 1. The van der Waals surface area contributed by atoms with E-state index in [9.17, 15) is 9.90 Å². The summed E-state index contributed by atoms with van der Waals surface area (Å²) in [6, 6.07) is 12.3. The Bertz CT molecular complexity index is 835. The van der Waals surface area contributed by atoms with Crippen molar-refractivity contribution in [1.82, 2.24) is 5.43 Å². The molecule has 30 heavy (non-hydrogen) atoms. The number of aromatic hydroxyl groups is 1. The van der Waals surface area contributed by atoms with Crippen LogP contribution in [0.2, 0.25) is 0 Å². The van der Waals surface area contributed by atoms with Gasteiger partial charge in [0.05, 0.1) is 17.9 Å². The van der Waals surface area contributed by atoms with E-state index >= 15 is 0 Å². The van der Waals surface area contributed by atoms with E-state index in [1.165, 1.54) is 44.6 Å². The number of rotatable bonds is 12. The zero-order chi connectivity index (χ0) is 21.8. The van der Waals surface area contributed by atoms with Crippen LogP contribution < -0.4 is 10.2 Å². The Balaban J connectivity index is 1.78. The Morgan fingerprint density at radius 1 is 1.03 bits per heavy atom. The number of phenolic OH excluding ortho intramolecular Hbond substituents is 1. The monoisotopic (exact) mass is 474 g/mol. The van der Waals surface area contributed by atoms with Gasteiger partial charge in [-0.05, 0) is 61.4 Å². The van der Waals surface area contributed by atoms with Gasteiger partial charge in [0.2, 0.25) is 0 Å². The SMILES string of the molecule is CCCCCCCCCOc1ccc(C(C)=NNC(=O)c2cc(Br)ccc2O)cc1. The molecule has 2 N–H and O–H groups in total. The molecule has 0 bridgehead atoms. The summed E-state index contributed by atoms with van der Waals surface area (Å²) in [5.74, 6) is 0.273. The smallest absolute Gasteiger partial charge is 0.275 e. The fourth-order valence-corrected chi connectivity index (χ4v) is 3.35. The van der Waals surface area contributed by atoms with Gasteiger partial charge in [0.1, 0.15) is 11.5 Å². The van der Waals surface area contributed by atoms with E-state index in [4.69, 9.17) is 4.74 Å². The van der Waals surface area contributed by atoms with Crippen molar-refractivity contribution in [2.24, 2.45) is 5.10 Å².